The zero-order valence-corrected chi connectivity index (χ0v) is 16.2. The van der Waals surface area contributed by atoms with E-state index in [4.69, 9.17) is 4.74 Å². The van der Waals surface area contributed by atoms with E-state index in [-0.39, 0.29) is 11.6 Å². The fourth-order valence-electron chi connectivity index (χ4n) is 3.66. The lowest BCUT2D eigenvalue weighted by Crippen LogP contribution is -2.41. The van der Waals surface area contributed by atoms with Gasteiger partial charge in [0.2, 0.25) is 0 Å². The van der Waals surface area contributed by atoms with Crippen LogP contribution < -0.4 is 4.74 Å². The highest BCUT2D eigenvalue weighted by molar-refractivity contribution is 9.10. The molecule has 0 saturated heterocycles. The molecule has 0 N–H and O–H groups in total. The van der Waals surface area contributed by atoms with Crippen LogP contribution in [-0.2, 0) is 9.59 Å². The van der Waals surface area contributed by atoms with Gasteiger partial charge in [0, 0.05) is 27.4 Å². The highest BCUT2D eigenvalue weighted by atomic mass is 79.9. The molecule has 0 spiro atoms. The second kappa shape index (κ2) is 7.54. The maximum atomic E-state index is 13.2. The number of Topliss-reactive ketones (excluding diaryl/α,β-unsaturated/α-hetero) is 2. The van der Waals surface area contributed by atoms with Crippen LogP contribution in [0.1, 0.15) is 42.1 Å². The van der Waals surface area contributed by atoms with Gasteiger partial charge >= 0.3 is 5.97 Å². The first kappa shape index (κ1) is 18.5. The Morgan fingerprint density at radius 3 is 2.46 bits per heavy atom. The predicted molar refractivity (Wildman–Crippen MR) is 101 cm³/mol. The molecule has 0 unspecified atom stereocenters. The fraction of sp³-hybridized carbons (Fsp3) is 0.286. The van der Waals surface area contributed by atoms with Crippen LogP contribution >= 0.6 is 15.9 Å². The molecular weight excluding hydrogens is 396 g/mol. The highest BCUT2D eigenvalue weighted by Gasteiger charge is 2.46. The van der Waals surface area contributed by atoms with Crippen molar-refractivity contribution >= 4 is 33.5 Å². The molecule has 3 atom stereocenters. The summed E-state index contributed by atoms with van der Waals surface area (Å²) in [6.45, 7) is 3.28. The summed E-state index contributed by atoms with van der Waals surface area (Å²) < 4.78 is 6.19. The third-order valence-corrected chi connectivity index (χ3v) is 5.35. The van der Waals surface area contributed by atoms with Crippen LogP contribution in [0.25, 0.3) is 0 Å². The second-order valence-corrected chi connectivity index (χ2v) is 7.38. The van der Waals surface area contributed by atoms with Crippen molar-refractivity contribution < 1.29 is 19.1 Å². The van der Waals surface area contributed by atoms with E-state index in [1.54, 1.807) is 24.3 Å². The largest absolute Gasteiger partial charge is 0.426 e. The van der Waals surface area contributed by atoms with Gasteiger partial charge in [0.05, 0.1) is 0 Å². The summed E-state index contributed by atoms with van der Waals surface area (Å²) in [6, 6.07) is 14.3. The Morgan fingerprint density at radius 1 is 1.15 bits per heavy atom. The van der Waals surface area contributed by atoms with Crippen molar-refractivity contribution in [3.05, 3.63) is 64.1 Å². The molecule has 0 saturated carbocycles. The Labute approximate surface area is 160 Å². The second-order valence-electron chi connectivity index (χ2n) is 6.46. The van der Waals surface area contributed by atoms with E-state index in [2.05, 4.69) is 15.9 Å². The van der Waals surface area contributed by atoms with Gasteiger partial charge in [0.25, 0.3) is 0 Å². The minimum absolute atomic E-state index is 0.0648. The third kappa shape index (κ3) is 3.36. The third-order valence-electron chi connectivity index (χ3n) is 4.86. The SMILES string of the molecule is CC[C@@H](C(=O)c1ccccc1)[C@@H]1c2cc(Br)ccc2OC(=O)[C@@H]1C(C)=O. The number of hydrogen-bond donors (Lipinski definition) is 0. The average molecular weight is 415 g/mol. The Morgan fingerprint density at radius 2 is 1.85 bits per heavy atom. The predicted octanol–water partition coefficient (Wildman–Crippen LogP) is 4.57. The summed E-state index contributed by atoms with van der Waals surface area (Å²) in [5.41, 5.74) is 1.30. The summed E-state index contributed by atoms with van der Waals surface area (Å²) in [6.07, 6.45) is 0.515. The average Bonchev–Trinajstić information content (AvgIpc) is 2.63. The van der Waals surface area contributed by atoms with E-state index >= 15 is 0 Å². The number of esters is 1. The van der Waals surface area contributed by atoms with Gasteiger partial charge in [-0.05, 0) is 31.5 Å². The Kier molecular flexibility index (Phi) is 5.37. The molecule has 134 valence electrons. The number of benzene rings is 2. The summed E-state index contributed by atoms with van der Waals surface area (Å²) in [5, 5.41) is 0. The molecule has 0 radical (unpaired) electrons. The van der Waals surface area contributed by atoms with E-state index in [1.807, 2.05) is 31.2 Å². The number of rotatable bonds is 5. The van der Waals surface area contributed by atoms with Gasteiger partial charge < -0.3 is 4.74 Å². The van der Waals surface area contributed by atoms with E-state index in [1.165, 1.54) is 6.92 Å². The lowest BCUT2D eigenvalue weighted by Gasteiger charge is -2.35. The highest BCUT2D eigenvalue weighted by Crippen LogP contribution is 2.45. The number of carbonyl (C=O) groups excluding carboxylic acids is 3. The maximum absolute atomic E-state index is 13.2. The monoisotopic (exact) mass is 414 g/mol. The van der Waals surface area contributed by atoms with Crippen LogP contribution in [-0.4, -0.2) is 17.5 Å². The normalized spacial score (nSPS) is 20.0. The number of hydrogen-bond acceptors (Lipinski definition) is 4. The van der Waals surface area contributed by atoms with Gasteiger partial charge in [-0.3, -0.25) is 14.4 Å². The molecule has 26 heavy (non-hydrogen) atoms. The van der Waals surface area contributed by atoms with Crippen molar-refractivity contribution in [1.82, 2.24) is 0 Å². The van der Waals surface area contributed by atoms with E-state index < -0.39 is 23.7 Å². The number of halogens is 1. The number of carbonyl (C=O) groups is 3. The molecule has 0 amide bonds. The fourth-order valence-corrected chi connectivity index (χ4v) is 4.04. The molecule has 0 aromatic heterocycles. The summed E-state index contributed by atoms with van der Waals surface area (Å²) in [5.74, 6) is -2.54. The topological polar surface area (TPSA) is 60.4 Å². The Bertz CT molecular complexity index is 860. The quantitative estimate of drug-likeness (QED) is 0.311. The van der Waals surface area contributed by atoms with Crippen molar-refractivity contribution in [2.24, 2.45) is 11.8 Å². The molecule has 0 bridgehead atoms. The van der Waals surface area contributed by atoms with Crippen molar-refractivity contribution in [3.63, 3.8) is 0 Å². The van der Waals surface area contributed by atoms with Gasteiger partial charge in [-0.2, -0.15) is 0 Å². The van der Waals surface area contributed by atoms with Crippen LogP contribution in [0, 0.1) is 11.8 Å². The Hall–Kier alpha value is -2.27. The summed E-state index contributed by atoms with van der Waals surface area (Å²) in [7, 11) is 0. The Balaban J connectivity index is 2.14. The summed E-state index contributed by atoms with van der Waals surface area (Å²) in [4.78, 5) is 37.9. The van der Waals surface area contributed by atoms with E-state index in [9.17, 15) is 14.4 Å². The van der Waals surface area contributed by atoms with Crippen molar-refractivity contribution in [2.75, 3.05) is 0 Å². The minimum Gasteiger partial charge on any atom is -0.426 e. The van der Waals surface area contributed by atoms with E-state index in [0.29, 0.717) is 17.7 Å². The van der Waals surface area contributed by atoms with Gasteiger partial charge in [0.1, 0.15) is 17.5 Å². The van der Waals surface area contributed by atoms with Gasteiger partial charge in [0.15, 0.2) is 5.78 Å². The van der Waals surface area contributed by atoms with Gasteiger partial charge in [-0.1, -0.05) is 53.2 Å². The van der Waals surface area contributed by atoms with Crippen LogP contribution in [0.2, 0.25) is 0 Å². The first-order valence-electron chi connectivity index (χ1n) is 8.55. The number of fused-ring (bicyclic) bond motifs is 1. The molecule has 1 heterocycles. The summed E-state index contributed by atoms with van der Waals surface area (Å²) >= 11 is 3.43. The number of ketones is 2. The smallest absolute Gasteiger partial charge is 0.322 e. The van der Waals surface area contributed by atoms with Crippen LogP contribution in [0.3, 0.4) is 0 Å². The van der Waals surface area contributed by atoms with E-state index in [0.717, 1.165) is 10.0 Å². The minimum atomic E-state index is -0.977. The van der Waals surface area contributed by atoms with Gasteiger partial charge in [-0.25, -0.2) is 0 Å². The molecule has 4 nitrogen and oxygen atoms in total. The molecule has 5 heteroatoms. The lowest BCUT2D eigenvalue weighted by atomic mass is 9.70. The van der Waals surface area contributed by atoms with Crippen LogP contribution in [0.5, 0.6) is 5.75 Å². The molecule has 2 aromatic rings. The molecule has 0 aliphatic carbocycles. The lowest BCUT2D eigenvalue weighted by molar-refractivity contribution is -0.146. The molecular formula is C21H19BrO4. The zero-order chi connectivity index (χ0) is 18.8. The molecule has 3 rings (SSSR count). The van der Waals surface area contributed by atoms with Crippen LogP contribution in [0.15, 0.2) is 53.0 Å². The van der Waals surface area contributed by atoms with Crippen molar-refractivity contribution in [1.29, 1.82) is 0 Å². The van der Waals surface area contributed by atoms with Crippen molar-refractivity contribution in [3.8, 4) is 5.75 Å². The zero-order valence-electron chi connectivity index (χ0n) is 14.6. The standard InChI is InChI=1S/C21H19BrO4/c1-3-15(20(24)13-7-5-4-6-8-13)19-16-11-14(22)9-10-17(16)26-21(25)18(19)12(2)23/h4-11,15,18-19H,3H2,1-2H3/t15-,18-,19-/m1/s1. The maximum Gasteiger partial charge on any atom is 0.322 e. The molecule has 1 aliphatic heterocycles. The molecule has 0 fully saturated rings. The first-order valence-corrected chi connectivity index (χ1v) is 9.34. The van der Waals surface area contributed by atoms with Gasteiger partial charge in [-0.15, -0.1) is 0 Å². The molecule has 1 aliphatic rings. The van der Waals surface area contributed by atoms with Crippen LogP contribution in [0.4, 0.5) is 0 Å². The van der Waals surface area contributed by atoms with Crippen molar-refractivity contribution in [2.45, 2.75) is 26.2 Å². The first-order chi connectivity index (χ1) is 12.4. The number of ether oxygens (including phenoxy) is 1. The molecule has 2 aromatic carbocycles.